The Hall–Kier alpha value is -2.16. The summed E-state index contributed by atoms with van der Waals surface area (Å²) >= 11 is 0. The Kier molecular flexibility index (Phi) is 6.61. The van der Waals surface area contributed by atoms with Crippen LogP contribution in [0, 0.1) is 0 Å². The van der Waals surface area contributed by atoms with Crippen molar-refractivity contribution in [2.75, 3.05) is 17.2 Å². The minimum Gasteiger partial charge on any atom is -0.399 e. The number of sulfone groups is 1. The largest absolute Gasteiger partial charge is 0.494 e. The van der Waals surface area contributed by atoms with Gasteiger partial charge in [-0.1, -0.05) is 44.0 Å². The van der Waals surface area contributed by atoms with Crippen LogP contribution in [0.5, 0.6) is 0 Å². The smallest absolute Gasteiger partial charge is 0.399 e. The lowest BCUT2D eigenvalue weighted by molar-refractivity contribution is -0.118. The number of hydrogen-bond acceptors (Lipinski definition) is 5. The number of rotatable bonds is 6. The van der Waals surface area contributed by atoms with Crippen LogP contribution in [0.25, 0.3) is 0 Å². The van der Waals surface area contributed by atoms with Crippen LogP contribution in [0.2, 0.25) is 0 Å². The van der Waals surface area contributed by atoms with Gasteiger partial charge in [0.15, 0.2) is 9.84 Å². The zero-order valence-corrected chi connectivity index (χ0v) is 23.5. The minimum absolute atomic E-state index is 0.000797. The maximum absolute atomic E-state index is 13.5. The first-order valence-electron chi connectivity index (χ1n) is 13.5. The van der Waals surface area contributed by atoms with Gasteiger partial charge >= 0.3 is 7.12 Å². The standard InChI is InChI=1S/C29H38BNO5S/c1-6-37(33,34)23-13-9-21(10-14-23)11-16-26(32)31-20-29(17-7-8-18-29)24-19-22(12-15-25(24)31)30-35-27(2,3)28(4,5)36-30/h9-10,12-15,19H,6-8,11,16-18,20H2,1-5H3. The fourth-order valence-corrected chi connectivity index (χ4v) is 6.81. The van der Waals surface area contributed by atoms with Gasteiger partial charge in [-0.05, 0) is 81.7 Å². The highest BCUT2D eigenvalue weighted by molar-refractivity contribution is 7.91. The second kappa shape index (κ2) is 9.24. The molecule has 1 aliphatic carbocycles. The summed E-state index contributed by atoms with van der Waals surface area (Å²) in [7, 11) is -3.64. The van der Waals surface area contributed by atoms with Gasteiger partial charge in [-0.15, -0.1) is 0 Å². The molecular weight excluding hydrogens is 485 g/mol. The van der Waals surface area contributed by atoms with Crippen molar-refractivity contribution in [3.8, 4) is 0 Å². The van der Waals surface area contributed by atoms with E-state index in [1.165, 1.54) is 18.4 Å². The number of fused-ring (bicyclic) bond motifs is 2. The molecule has 2 fully saturated rings. The fourth-order valence-electron chi connectivity index (χ4n) is 5.93. The van der Waals surface area contributed by atoms with Crippen molar-refractivity contribution in [1.82, 2.24) is 0 Å². The molecule has 0 unspecified atom stereocenters. The maximum atomic E-state index is 13.5. The lowest BCUT2D eigenvalue weighted by atomic mass is 9.74. The zero-order valence-electron chi connectivity index (χ0n) is 22.7. The molecule has 5 rings (SSSR count). The van der Waals surface area contributed by atoms with Gasteiger partial charge in [0.25, 0.3) is 0 Å². The topological polar surface area (TPSA) is 72.9 Å². The van der Waals surface area contributed by atoms with Gasteiger partial charge in [0.2, 0.25) is 5.91 Å². The molecule has 1 saturated carbocycles. The van der Waals surface area contributed by atoms with Crippen LogP contribution in [0.3, 0.4) is 0 Å². The van der Waals surface area contributed by atoms with E-state index in [2.05, 4.69) is 39.8 Å². The van der Waals surface area contributed by atoms with Gasteiger partial charge < -0.3 is 14.2 Å². The van der Waals surface area contributed by atoms with Gasteiger partial charge in [0.05, 0.1) is 21.9 Å². The number of amides is 1. The first-order chi connectivity index (χ1) is 17.4. The first-order valence-corrected chi connectivity index (χ1v) is 15.1. The van der Waals surface area contributed by atoms with Crippen molar-refractivity contribution in [2.24, 2.45) is 0 Å². The normalized spacial score (nSPS) is 21.5. The molecule has 0 atom stereocenters. The monoisotopic (exact) mass is 523 g/mol. The second-order valence-corrected chi connectivity index (χ2v) is 14.2. The van der Waals surface area contributed by atoms with Crippen LogP contribution in [0.4, 0.5) is 5.69 Å². The summed E-state index contributed by atoms with van der Waals surface area (Å²) in [6, 6.07) is 13.3. The number of carbonyl (C=O) groups excluding carboxylic acids is 1. The summed E-state index contributed by atoms with van der Waals surface area (Å²) in [6.45, 7) is 10.6. The van der Waals surface area contributed by atoms with E-state index in [1.54, 1.807) is 19.1 Å². The molecule has 198 valence electrons. The lowest BCUT2D eigenvalue weighted by Crippen LogP contribution is -2.41. The fraction of sp³-hybridized carbons (Fsp3) is 0.552. The van der Waals surface area contributed by atoms with Crippen molar-refractivity contribution in [2.45, 2.75) is 94.7 Å². The SMILES string of the molecule is CCS(=O)(=O)c1ccc(CCC(=O)N2CC3(CCCC3)c3cc(B4OC(C)(C)C(C)(C)O4)ccc32)cc1. The summed E-state index contributed by atoms with van der Waals surface area (Å²) in [6.07, 6.45) is 5.49. The van der Waals surface area contributed by atoms with Crippen LogP contribution in [-0.2, 0) is 35.8 Å². The number of carbonyl (C=O) groups is 1. The highest BCUT2D eigenvalue weighted by atomic mass is 32.2. The summed E-state index contributed by atoms with van der Waals surface area (Å²) in [5.74, 6) is 0.190. The average molecular weight is 524 g/mol. The third-order valence-corrected chi connectivity index (χ3v) is 10.8. The van der Waals surface area contributed by atoms with E-state index in [9.17, 15) is 13.2 Å². The van der Waals surface area contributed by atoms with Crippen LogP contribution in [0.15, 0.2) is 47.4 Å². The molecule has 6 nitrogen and oxygen atoms in total. The Balaban J connectivity index is 1.35. The molecule has 1 saturated heterocycles. The van der Waals surface area contributed by atoms with Crippen molar-refractivity contribution in [3.05, 3.63) is 53.6 Å². The van der Waals surface area contributed by atoms with Crippen molar-refractivity contribution in [3.63, 3.8) is 0 Å². The molecule has 8 heteroatoms. The highest BCUT2D eigenvalue weighted by Gasteiger charge is 2.53. The molecule has 3 aliphatic rings. The Morgan fingerprint density at radius 3 is 2.19 bits per heavy atom. The molecule has 1 amide bonds. The molecule has 0 N–H and O–H groups in total. The number of benzene rings is 2. The number of nitrogens with zero attached hydrogens (tertiary/aromatic N) is 1. The summed E-state index contributed by atoms with van der Waals surface area (Å²) in [5, 5.41) is 0. The van der Waals surface area contributed by atoms with Crippen molar-refractivity contribution in [1.29, 1.82) is 0 Å². The predicted molar refractivity (Wildman–Crippen MR) is 147 cm³/mol. The Bertz CT molecular complexity index is 1280. The van der Waals surface area contributed by atoms with E-state index in [0.29, 0.717) is 17.7 Å². The Morgan fingerprint density at radius 2 is 1.59 bits per heavy atom. The van der Waals surface area contributed by atoms with E-state index >= 15 is 0 Å². The van der Waals surface area contributed by atoms with E-state index in [4.69, 9.17) is 9.31 Å². The van der Waals surface area contributed by atoms with Crippen LogP contribution in [-0.4, -0.2) is 44.9 Å². The number of anilines is 1. The molecule has 2 aromatic rings. The number of aryl methyl sites for hydroxylation is 1. The molecule has 37 heavy (non-hydrogen) atoms. The van der Waals surface area contributed by atoms with Gasteiger partial charge in [0, 0.05) is 24.1 Å². The minimum atomic E-state index is -3.22. The van der Waals surface area contributed by atoms with Crippen molar-refractivity contribution >= 4 is 34.0 Å². The molecule has 0 aromatic heterocycles. The molecule has 0 bridgehead atoms. The highest BCUT2D eigenvalue weighted by Crippen LogP contribution is 2.50. The molecule has 2 aliphatic heterocycles. The van der Waals surface area contributed by atoms with E-state index in [1.807, 2.05) is 23.1 Å². The molecule has 2 aromatic carbocycles. The molecule has 1 spiro atoms. The average Bonchev–Trinajstić information content (AvgIpc) is 3.52. The molecule has 2 heterocycles. The second-order valence-electron chi connectivity index (χ2n) is 11.9. The maximum Gasteiger partial charge on any atom is 0.494 e. The van der Waals surface area contributed by atoms with E-state index in [-0.39, 0.29) is 17.1 Å². The van der Waals surface area contributed by atoms with E-state index < -0.39 is 28.2 Å². The van der Waals surface area contributed by atoms with Crippen LogP contribution in [0.1, 0.15) is 77.8 Å². The van der Waals surface area contributed by atoms with Crippen LogP contribution < -0.4 is 10.4 Å². The number of hydrogen-bond donors (Lipinski definition) is 0. The quantitative estimate of drug-likeness (QED) is 0.519. The van der Waals surface area contributed by atoms with Crippen LogP contribution >= 0.6 is 0 Å². The van der Waals surface area contributed by atoms with Gasteiger partial charge in [-0.2, -0.15) is 0 Å². The lowest BCUT2D eigenvalue weighted by Gasteiger charge is -2.32. The first kappa shape index (κ1) is 26.5. The molecular formula is C29H38BNO5S. The van der Waals surface area contributed by atoms with Gasteiger partial charge in [-0.25, -0.2) is 8.42 Å². The molecule has 0 radical (unpaired) electrons. The third kappa shape index (κ3) is 4.66. The summed E-state index contributed by atoms with van der Waals surface area (Å²) in [5.41, 5.74) is 3.44. The Morgan fingerprint density at radius 1 is 0.973 bits per heavy atom. The van der Waals surface area contributed by atoms with E-state index in [0.717, 1.165) is 36.1 Å². The van der Waals surface area contributed by atoms with Crippen molar-refractivity contribution < 1.29 is 22.5 Å². The van der Waals surface area contributed by atoms with Gasteiger partial charge in [0.1, 0.15) is 0 Å². The third-order valence-electron chi connectivity index (χ3n) is 9.02. The summed E-state index contributed by atoms with van der Waals surface area (Å²) in [4.78, 5) is 15.8. The zero-order chi connectivity index (χ0) is 26.6. The van der Waals surface area contributed by atoms with Gasteiger partial charge in [-0.3, -0.25) is 4.79 Å². The predicted octanol–water partition coefficient (Wildman–Crippen LogP) is 4.57. The summed E-state index contributed by atoms with van der Waals surface area (Å²) < 4.78 is 36.8. The Labute approximate surface area is 221 Å².